The third kappa shape index (κ3) is 6.52. The van der Waals surface area contributed by atoms with E-state index < -0.39 is 6.04 Å². The molecule has 0 saturated heterocycles. The lowest BCUT2D eigenvalue weighted by atomic mass is 10.1. The Morgan fingerprint density at radius 1 is 0.964 bits per heavy atom. The molecule has 0 bridgehead atoms. The maximum Gasteiger partial charge on any atom is 0.242 e. The molecule has 2 aromatic carbocycles. The molecule has 0 aliphatic heterocycles. The average molecular weight is 381 g/mol. The summed E-state index contributed by atoms with van der Waals surface area (Å²) in [7, 11) is 0. The molecule has 1 N–H and O–H groups in total. The number of rotatable bonds is 9. The van der Waals surface area contributed by atoms with Crippen molar-refractivity contribution in [3.63, 3.8) is 0 Å². The summed E-state index contributed by atoms with van der Waals surface area (Å²) in [5, 5.41) is 3.00. The van der Waals surface area contributed by atoms with Crippen LogP contribution in [0.25, 0.3) is 0 Å². The van der Waals surface area contributed by atoms with Gasteiger partial charge in [-0.25, -0.2) is 0 Å². The zero-order chi connectivity index (χ0) is 20.5. The SMILES string of the molecule is CCC(C)NC(=O)C(C)N(CCc1ccccc1)C(=O)Cc1ccc(C)cc1. The monoisotopic (exact) mass is 380 g/mol. The largest absolute Gasteiger partial charge is 0.352 e. The first-order chi connectivity index (χ1) is 13.4. The minimum atomic E-state index is -0.504. The maximum absolute atomic E-state index is 13.1. The fraction of sp³-hybridized carbons (Fsp3) is 0.417. The summed E-state index contributed by atoms with van der Waals surface area (Å²) < 4.78 is 0. The standard InChI is InChI=1S/C24H32N2O2/c1-5-19(3)25-24(28)20(4)26(16-15-21-9-7-6-8-10-21)23(27)17-22-13-11-18(2)12-14-22/h6-14,19-20H,5,15-17H2,1-4H3,(H,25,28). The van der Waals surface area contributed by atoms with Crippen molar-refractivity contribution >= 4 is 11.8 Å². The molecule has 0 radical (unpaired) electrons. The Labute approximate surface area is 169 Å². The van der Waals surface area contributed by atoms with Crippen molar-refractivity contribution < 1.29 is 9.59 Å². The molecule has 2 atom stereocenters. The molecule has 150 valence electrons. The lowest BCUT2D eigenvalue weighted by molar-refractivity contribution is -0.139. The Morgan fingerprint density at radius 2 is 1.61 bits per heavy atom. The average Bonchev–Trinajstić information content (AvgIpc) is 2.70. The van der Waals surface area contributed by atoms with Crippen LogP contribution >= 0.6 is 0 Å². The molecule has 28 heavy (non-hydrogen) atoms. The van der Waals surface area contributed by atoms with Crippen molar-refractivity contribution in [2.24, 2.45) is 0 Å². The van der Waals surface area contributed by atoms with Crippen LogP contribution in [0, 0.1) is 6.92 Å². The number of carbonyl (C=O) groups is 2. The predicted molar refractivity (Wildman–Crippen MR) is 114 cm³/mol. The number of benzene rings is 2. The van der Waals surface area contributed by atoms with E-state index in [1.54, 1.807) is 4.90 Å². The fourth-order valence-corrected chi connectivity index (χ4v) is 3.02. The minimum Gasteiger partial charge on any atom is -0.352 e. The first-order valence-electron chi connectivity index (χ1n) is 10.1. The van der Waals surface area contributed by atoms with Crippen LogP contribution in [0.4, 0.5) is 0 Å². The second-order valence-corrected chi connectivity index (χ2v) is 7.48. The predicted octanol–water partition coefficient (Wildman–Crippen LogP) is 3.91. The van der Waals surface area contributed by atoms with Gasteiger partial charge in [0.25, 0.3) is 0 Å². The van der Waals surface area contributed by atoms with Gasteiger partial charge in [0.05, 0.1) is 6.42 Å². The van der Waals surface area contributed by atoms with E-state index in [9.17, 15) is 9.59 Å². The van der Waals surface area contributed by atoms with E-state index in [0.29, 0.717) is 13.0 Å². The first kappa shape index (κ1) is 21.7. The van der Waals surface area contributed by atoms with E-state index in [0.717, 1.165) is 24.0 Å². The van der Waals surface area contributed by atoms with Gasteiger partial charge in [-0.05, 0) is 44.7 Å². The molecule has 0 saturated carbocycles. The van der Waals surface area contributed by atoms with E-state index in [1.807, 2.05) is 82.3 Å². The molecule has 2 aromatic rings. The normalized spacial score (nSPS) is 12.9. The molecule has 0 aliphatic rings. The van der Waals surface area contributed by atoms with Gasteiger partial charge >= 0.3 is 0 Å². The van der Waals surface area contributed by atoms with Gasteiger partial charge in [0.15, 0.2) is 0 Å². The fourth-order valence-electron chi connectivity index (χ4n) is 3.02. The topological polar surface area (TPSA) is 49.4 Å². The van der Waals surface area contributed by atoms with E-state index in [2.05, 4.69) is 5.32 Å². The molecule has 2 unspecified atom stereocenters. The molecule has 4 heteroatoms. The summed E-state index contributed by atoms with van der Waals surface area (Å²) in [5.41, 5.74) is 3.29. The number of hydrogen-bond acceptors (Lipinski definition) is 2. The molecule has 2 amide bonds. The Bertz CT molecular complexity index is 756. The first-order valence-corrected chi connectivity index (χ1v) is 10.1. The van der Waals surface area contributed by atoms with Crippen LogP contribution in [0.3, 0.4) is 0 Å². The van der Waals surface area contributed by atoms with Gasteiger partial charge in [-0.1, -0.05) is 67.1 Å². The van der Waals surface area contributed by atoms with Crippen molar-refractivity contribution in [3.8, 4) is 0 Å². The number of amides is 2. The lowest BCUT2D eigenvalue weighted by Gasteiger charge is -2.29. The second-order valence-electron chi connectivity index (χ2n) is 7.48. The highest BCUT2D eigenvalue weighted by Crippen LogP contribution is 2.11. The Kier molecular flexibility index (Phi) is 8.24. The zero-order valence-electron chi connectivity index (χ0n) is 17.4. The third-order valence-corrected chi connectivity index (χ3v) is 5.13. The number of carbonyl (C=O) groups excluding carboxylic acids is 2. The summed E-state index contributed by atoms with van der Waals surface area (Å²) in [6, 6.07) is 17.6. The molecule has 0 aliphatic carbocycles. The van der Waals surface area contributed by atoms with E-state index in [-0.39, 0.29) is 17.9 Å². The number of hydrogen-bond donors (Lipinski definition) is 1. The number of nitrogens with zero attached hydrogens (tertiary/aromatic N) is 1. The van der Waals surface area contributed by atoms with E-state index in [1.165, 1.54) is 5.56 Å². The van der Waals surface area contributed by atoms with Crippen molar-refractivity contribution in [1.29, 1.82) is 0 Å². The van der Waals surface area contributed by atoms with Gasteiger partial charge in [0.1, 0.15) is 6.04 Å². The molecule has 4 nitrogen and oxygen atoms in total. The molecule has 0 aromatic heterocycles. The van der Waals surface area contributed by atoms with Crippen LogP contribution in [0.2, 0.25) is 0 Å². The van der Waals surface area contributed by atoms with Crippen molar-refractivity contribution in [2.75, 3.05) is 6.54 Å². The van der Waals surface area contributed by atoms with Crippen LogP contribution in [-0.2, 0) is 22.4 Å². The lowest BCUT2D eigenvalue weighted by Crippen LogP contribution is -2.50. The Morgan fingerprint density at radius 3 is 2.21 bits per heavy atom. The summed E-state index contributed by atoms with van der Waals surface area (Å²) in [4.78, 5) is 27.4. The van der Waals surface area contributed by atoms with Crippen molar-refractivity contribution in [2.45, 2.75) is 59.0 Å². The molecule has 0 heterocycles. The highest BCUT2D eigenvalue weighted by Gasteiger charge is 2.26. The van der Waals surface area contributed by atoms with Crippen LogP contribution in [0.15, 0.2) is 54.6 Å². The summed E-state index contributed by atoms with van der Waals surface area (Å²) in [6.07, 6.45) is 1.89. The van der Waals surface area contributed by atoms with Crippen molar-refractivity contribution in [1.82, 2.24) is 10.2 Å². The van der Waals surface area contributed by atoms with E-state index in [4.69, 9.17) is 0 Å². The molecular weight excluding hydrogens is 348 g/mol. The van der Waals surface area contributed by atoms with Crippen LogP contribution in [0.5, 0.6) is 0 Å². The Hall–Kier alpha value is -2.62. The summed E-state index contributed by atoms with van der Waals surface area (Å²) in [5.74, 6) is -0.119. The molecule has 0 spiro atoms. The van der Waals surface area contributed by atoms with Crippen molar-refractivity contribution in [3.05, 3.63) is 71.3 Å². The minimum absolute atomic E-state index is 0.0217. The molecule has 2 rings (SSSR count). The molecular formula is C24H32N2O2. The second kappa shape index (κ2) is 10.6. The van der Waals surface area contributed by atoms with E-state index >= 15 is 0 Å². The van der Waals surface area contributed by atoms with Crippen LogP contribution < -0.4 is 5.32 Å². The van der Waals surface area contributed by atoms with Crippen LogP contribution in [-0.4, -0.2) is 35.3 Å². The zero-order valence-corrected chi connectivity index (χ0v) is 17.4. The van der Waals surface area contributed by atoms with Gasteiger partial charge in [0.2, 0.25) is 11.8 Å². The van der Waals surface area contributed by atoms with Crippen LogP contribution in [0.1, 0.15) is 43.9 Å². The molecule has 0 fully saturated rings. The highest BCUT2D eigenvalue weighted by molar-refractivity contribution is 5.88. The van der Waals surface area contributed by atoms with Gasteiger partial charge in [0, 0.05) is 12.6 Å². The van der Waals surface area contributed by atoms with Gasteiger partial charge < -0.3 is 10.2 Å². The quantitative estimate of drug-likeness (QED) is 0.717. The summed E-state index contributed by atoms with van der Waals surface area (Å²) >= 11 is 0. The number of aryl methyl sites for hydroxylation is 1. The maximum atomic E-state index is 13.1. The summed E-state index contributed by atoms with van der Waals surface area (Å²) in [6.45, 7) is 8.37. The van der Waals surface area contributed by atoms with Gasteiger partial charge in [-0.2, -0.15) is 0 Å². The smallest absolute Gasteiger partial charge is 0.242 e. The number of nitrogens with one attached hydrogen (secondary N) is 1. The Balaban J connectivity index is 2.12. The third-order valence-electron chi connectivity index (χ3n) is 5.13. The van der Waals surface area contributed by atoms with Gasteiger partial charge in [-0.15, -0.1) is 0 Å². The highest BCUT2D eigenvalue weighted by atomic mass is 16.2. The van der Waals surface area contributed by atoms with Gasteiger partial charge in [-0.3, -0.25) is 9.59 Å².